The second kappa shape index (κ2) is 5.23. The van der Waals surface area contributed by atoms with Crippen molar-refractivity contribution < 1.29 is 4.74 Å². The van der Waals surface area contributed by atoms with Crippen molar-refractivity contribution in [3.8, 4) is 5.75 Å². The molecule has 0 aliphatic rings. The number of nitrogens with one attached hydrogen (secondary N) is 1. The first-order valence-electron chi connectivity index (χ1n) is 5.50. The van der Waals surface area contributed by atoms with E-state index in [2.05, 4.69) is 4.98 Å². The maximum atomic E-state index is 11.8. The molecule has 0 radical (unpaired) electrons. The largest absolute Gasteiger partial charge is 0.497 e. The monoisotopic (exact) mass is 251 g/mol. The zero-order chi connectivity index (χ0) is 12.3. The lowest BCUT2D eigenvalue weighted by Gasteiger charge is -2.04. The summed E-state index contributed by atoms with van der Waals surface area (Å²) < 4.78 is 5.16. The Balaban J connectivity index is 2.48. The van der Waals surface area contributed by atoms with Gasteiger partial charge in [-0.25, -0.2) is 0 Å². The molecule has 90 valence electrons. The summed E-state index contributed by atoms with van der Waals surface area (Å²) >= 11 is 5.64. The maximum absolute atomic E-state index is 11.8. The van der Waals surface area contributed by atoms with E-state index < -0.39 is 0 Å². The molecule has 0 saturated carbocycles. The van der Waals surface area contributed by atoms with E-state index in [1.165, 1.54) is 0 Å². The number of H-pyrrole nitrogens is 1. The highest BCUT2D eigenvalue weighted by Gasteiger charge is 2.03. The fraction of sp³-hybridized carbons (Fsp3) is 0.308. The van der Waals surface area contributed by atoms with Gasteiger partial charge in [-0.3, -0.25) is 4.79 Å². The first-order chi connectivity index (χ1) is 8.24. The van der Waals surface area contributed by atoms with Gasteiger partial charge in [0.1, 0.15) is 5.75 Å². The highest BCUT2D eigenvalue weighted by molar-refractivity contribution is 6.17. The minimum absolute atomic E-state index is 0.0345. The Hall–Kier alpha value is -1.48. The smallest absolute Gasteiger partial charge is 0.251 e. The maximum Gasteiger partial charge on any atom is 0.251 e. The summed E-state index contributed by atoms with van der Waals surface area (Å²) in [5.41, 5.74) is 1.56. The van der Waals surface area contributed by atoms with Gasteiger partial charge in [0.25, 0.3) is 5.56 Å². The van der Waals surface area contributed by atoms with E-state index in [-0.39, 0.29) is 5.56 Å². The van der Waals surface area contributed by atoms with Gasteiger partial charge in [-0.2, -0.15) is 0 Å². The molecule has 2 aromatic rings. The Labute approximate surface area is 104 Å². The van der Waals surface area contributed by atoms with E-state index in [9.17, 15) is 4.79 Å². The van der Waals surface area contributed by atoms with Gasteiger partial charge in [0, 0.05) is 22.3 Å². The molecule has 17 heavy (non-hydrogen) atoms. The van der Waals surface area contributed by atoms with E-state index in [0.29, 0.717) is 12.3 Å². The van der Waals surface area contributed by atoms with Crippen LogP contribution in [0.25, 0.3) is 10.9 Å². The van der Waals surface area contributed by atoms with Crippen molar-refractivity contribution in [2.75, 3.05) is 13.0 Å². The van der Waals surface area contributed by atoms with Crippen LogP contribution < -0.4 is 10.3 Å². The topological polar surface area (TPSA) is 42.1 Å². The standard InChI is InChI=1S/C13H14ClNO2/c1-17-11-4-5-12-10(8-11)7-9(3-2-6-14)13(16)15-12/h4-5,7-8H,2-3,6H2,1H3,(H,15,16). The van der Waals surface area contributed by atoms with Gasteiger partial charge >= 0.3 is 0 Å². The molecule has 0 atom stereocenters. The van der Waals surface area contributed by atoms with Crippen LogP contribution in [0.4, 0.5) is 0 Å². The molecular formula is C13H14ClNO2. The van der Waals surface area contributed by atoms with Crippen molar-refractivity contribution in [3.05, 3.63) is 40.2 Å². The molecule has 0 saturated heterocycles. The zero-order valence-corrected chi connectivity index (χ0v) is 10.4. The molecule has 0 bridgehead atoms. The van der Waals surface area contributed by atoms with Crippen LogP contribution in [0.5, 0.6) is 5.75 Å². The third-order valence-corrected chi connectivity index (χ3v) is 2.98. The van der Waals surface area contributed by atoms with E-state index in [1.54, 1.807) is 7.11 Å². The number of fused-ring (bicyclic) bond motifs is 1. The summed E-state index contributed by atoms with van der Waals surface area (Å²) in [5.74, 6) is 1.35. The van der Waals surface area contributed by atoms with E-state index in [0.717, 1.165) is 28.6 Å². The normalized spacial score (nSPS) is 10.7. The summed E-state index contributed by atoms with van der Waals surface area (Å²) in [6, 6.07) is 7.50. The lowest BCUT2D eigenvalue weighted by atomic mass is 10.1. The number of pyridine rings is 1. The molecule has 0 unspecified atom stereocenters. The van der Waals surface area contributed by atoms with Crippen molar-refractivity contribution >= 4 is 22.5 Å². The SMILES string of the molecule is COc1ccc2[nH]c(=O)c(CCCCl)cc2c1. The molecule has 4 heteroatoms. The number of methoxy groups -OCH3 is 1. The summed E-state index contributed by atoms with van der Waals surface area (Å²) in [4.78, 5) is 14.6. The van der Waals surface area contributed by atoms with Gasteiger partial charge in [-0.1, -0.05) is 0 Å². The molecule has 1 N–H and O–H groups in total. The average Bonchev–Trinajstić information content (AvgIpc) is 2.35. The molecule has 1 aromatic carbocycles. The predicted molar refractivity (Wildman–Crippen MR) is 70.2 cm³/mol. The van der Waals surface area contributed by atoms with Crippen LogP contribution in [-0.2, 0) is 6.42 Å². The number of alkyl halides is 1. The number of aromatic amines is 1. The number of aryl methyl sites for hydroxylation is 1. The molecule has 3 nitrogen and oxygen atoms in total. The number of hydrogen-bond acceptors (Lipinski definition) is 2. The first-order valence-corrected chi connectivity index (χ1v) is 6.04. The Morgan fingerprint density at radius 2 is 2.18 bits per heavy atom. The second-order valence-corrected chi connectivity index (χ2v) is 4.25. The molecular weight excluding hydrogens is 238 g/mol. The van der Waals surface area contributed by atoms with E-state index >= 15 is 0 Å². The Kier molecular flexibility index (Phi) is 3.69. The zero-order valence-electron chi connectivity index (χ0n) is 9.63. The predicted octanol–water partition coefficient (Wildman–Crippen LogP) is 2.71. The van der Waals surface area contributed by atoms with Crippen molar-refractivity contribution in [2.24, 2.45) is 0 Å². The van der Waals surface area contributed by atoms with Crippen LogP contribution >= 0.6 is 11.6 Å². The number of rotatable bonds is 4. The van der Waals surface area contributed by atoms with Crippen LogP contribution in [0, 0.1) is 0 Å². The van der Waals surface area contributed by atoms with E-state index in [1.807, 2.05) is 24.3 Å². The number of ether oxygens (including phenoxy) is 1. The molecule has 0 aliphatic heterocycles. The third kappa shape index (κ3) is 2.61. The molecule has 0 amide bonds. The van der Waals surface area contributed by atoms with Crippen molar-refractivity contribution in [1.82, 2.24) is 4.98 Å². The second-order valence-electron chi connectivity index (χ2n) is 3.87. The lowest BCUT2D eigenvalue weighted by Crippen LogP contribution is -2.12. The number of hydrogen-bond donors (Lipinski definition) is 1. The Bertz CT molecular complexity index is 577. The van der Waals surface area contributed by atoms with Crippen molar-refractivity contribution in [3.63, 3.8) is 0 Å². The molecule has 1 heterocycles. The first kappa shape index (κ1) is 12.0. The van der Waals surface area contributed by atoms with Crippen molar-refractivity contribution in [2.45, 2.75) is 12.8 Å². The Morgan fingerprint density at radius 1 is 1.35 bits per heavy atom. The quantitative estimate of drug-likeness (QED) is 0.849. The molecule has 2 rings (SSSR count). The molecule has 1 aromatic heterocycles. The van der Waals surface area contributed by atoms with Gasteiger partial charge in [-0.15, -0.1) is 11.6 Å². The fourth-order valence-corrected chi connectivity index (χ4v) is 1.93. The van der Waals surface area contributed by atoms with Crippen LogP contribution in [0.2, 0.25) is 0 Å². The van der Waals surface area contributed by atoms with Gasteiger partial charge in [-0.05, 0) is 37.1 Å². The summed E-state index contributed by atoms with van der Waals surface area (Å²) in [5, 5.41) is 0.980. The van der Waals surface area contributed by atoms with Gasteiger partial charge in [0.05, 0.1) is 7.11 Å². The number of benzene rings is 1. The molecule has 0 fully saturated rings. The number of aromatic nitrogens is 1. The van der Waals surface area contributed by atoms with Gasteiger partial charge in [0.2, 0.25) is 0 Å². The fourth-order valence-electron chi connectivity index (χ4n) is 1.80. The lowest BCUT2D eigenvalue weighted by molar-refractivity contribution is 0.415. The average molecular weight is 252 g/mol. The van der Waals surface area contributed by atoms with Crippen LogP contribution in [0.3, 0.4) is 0 Å². The minimum Gasteiger partial charge on any atom is -0.497 e. The molecule has 0 aliphatic carbocycles. The number of halogens is 1. The van der Waals surface area contributed by atoms with Crippen LogP contribution in [0.1, 0.15) is 12.0 Å². The van der Waals surface area contributed by atoms with Crippen LogP contribution in [0.15, 0.2) is 29.1 Å². The molecule has 0 spiro atoms. The van der Waals surface area contributed by atoms with Crippen molar-refractivity contribution in [1.29, 1.82) is 0 Å². The highest BCUT2D eigenvalue weighted by Crippen LogP contribution is 2.19. The van der Waals surface area contributed by atoms with E-state index in [4.69, 9.17) is 16.3 Å². The summed E-state index contributed by atoms with van der Waals surface area (Å²) in [6.45, 7) is 0. The third-order valence-electron chi connectivity index (χ3n) is 2.71. The van der Waals surface area contributed by atoms with Gasteiger partial charge < -0.3 is 9.72 Å². The summed E-state index contributed by atoms with van der Waals surface area (Å²) in [7, 11) is 1.63. The Morgan fingerprint density at radius 3 is 2.88 bits per heavy atom. The highest BCUT2D eigenvalue weighted by atomic mass is 35.5. The van der Waals surface area contributed by atoms with Gasteiger partial charge in [0.15, 0.2) is 0 Å². The minimum atomic E-state index is -0.0345. The van der Waals surface area contributed by atoms with Crippen LogP contribution in [-0.4, -0.2) is 18.0 Å². The summed E-state index contributed by atoms with van der Waals surface area (Å²) in [6.07, 6.45) is 1.51.